The average molecular weight is 579 g/mol. The van der Waals surface area contributed by atoms with Crippen molar-refractivity contribution < 1.29 is 24.2 Å². The van der Waals surface area contributed by atoms with Crippen LogP contribution in [0.4, 0.5) is 11.4 Å². The molecule has 5 atom stereocenters. The smallest absolute Gasteiger partial charge is 0.253 e. The van der Waals surface area contributed by atoms with Gasteiger partial charge in [-0.3, -0.25) is 14.4 Å². The summed E-state index contributed by atoms with van der Waals surface area (Å²) in [7, 11) is 1.76. The highest BCUT2D eigenvalue weighted by Crippen LogP contribution is 2.58. The summed E-state index contributed by atoms with van der Waals surface area (Å²) < 4.78 is 7.01. The van der Waals surface area contributed by atoms with Gasteiger partial charge in [-0.25, -0.2) is 0 Å². The summed E-state index contributed by atoms with van der Waals surface area (Å²) in [6, 6.07) is 7.14. The molecule has 1 N–H and O–H groups in total. The van der Waals surface area contributed by atoms with Crippen LogP contribution in [-0.2, 0) is 19.1 Å². The number of hydrogen-bond donors (Lipinski definition) is 1. The van der Waals surface area contributed by atoms with Crippen LogP contribution in [0.25, 0.3) is 0 Å². The molecule has 4 aliphatic heterocycles. The van der Waals surface area contributed by atoms with E-state index in [1.807, 2.05) is 55.5 Å². The molecule has 228 valence electrons. The lowest BCUT2D eigenvalue weighted by atomic mass is 9.73. The predicted octanol–water partition coefficient (Wildman–Crippen LogP) is 3.38. The zero-order valence-corrected chi connectivity index (χ0v) is 25.5. The van der Waals surface area contributed by atoms with Crippen molar-refractivity contribution in [3.63, 3.8) is 0 Å². The zero-order valence-electron chi connectivity index (χ0n) is 25.5. The third-order valence-electron chi connectivity index (χ3n) is 9.74. The maximum atomic E-state index is 14.7. The lowest BCUT2D eigenvalue weighted by Crippen LogP contribution is -2.56. The molecule has 0 bridgehead atoms. The van der Waals surface area contributed by atoms with E-state index in [9.17, 15) is 19.5 Å². The molecule has 42 heavy (non-hydrogen) atoms. The number of nitrogens with zero attached hydrogens (tertiary/aromatic N) is 4. The molecule has 0 radical (unpaired) electrons. The van der Waals surface area contributed by atoms with Crippen molar-refractivity contribution in [2.24, 2.45) is 11.8 Å². The molecule has 4 heterocycles. The Bertz CT molecular complexity index is 1230. The van der Waals surface area contributed by atoms with Gasteiger partial charge in [0.2, 0.25) is 11.8 Å². The van der Waals surface area contributed by atoms with E-state index in [2.05, 4.69) is 18.7 Å². The van der Waals surface area contributed by atoms with Gasteiger partial charge in [-0.1, -0.05) is 44.1 Å². The molecule has 9 heteroatoms. The van der Waals surface area contributed by atoms with Gasteiger partial charge in [0.15, 0.2) is 0 Å². The minimum Gasteiger partial charge on any atom is -0.396 e. The summed E-state index contributed by atoms with van der Waals surface area (Å²) in [5, 5.41) is 9.20. The van der Waals surface area contributed by atoms with Gasteiger partial charge in [0.05, 0.1) is 17.4 Å². The van der Waals surface area contributed by atoms with Crippen molar-refractivity contribution in [2.75, 3.05) is 56.2 Å². The minimum atomic E-state index is -1.24. The molecule has 4 aliphatic rings. The van der Waals surface area contributed by atoms with Gasteiger partial charge >= 0.3 is 0 Å². The summed E-state index contributed by atoms with van der Waals surface area (Å²) >= 11 is 0. The number of anilines is 2. The highest BCUT2D eigenvalue weighted by Gasteiger charge is 2.75. The normalized spacial score (nSPS) is 30.4. The Balaban J connectivity index is 1.55. The van der Waals surface area contributed by atoms with E-state index in [-0.39, 0.29) is 24.3 Å². The predicted molar refractivity (Wildman–Crippen MR) is 163 cm³/mol. The quantitative estimate of drug-likeness (QED) is 0.320. The van der Waals surface area contributed by atoms with Crippen molar-refractivity contribution >= 4 is 29.1 Å². The third kappa shape index (κ3) is 4.84. The number of benzene rings is 1. The molecule has 0 aromatic heterocycles. The summed E-state index contributed by atoms with van der Waals surface area (Å²) in [6.07, 6.45) is 11.4. The fraction of sp³-hybridized carbons (Fsp3) is 0.606. The van der Waals surface area contributed by atoms with Crippen LogP contribution >= 0.6 is 0 Å². The van der Waals surface area contributed by atoms with Crippen molar-refractivity contribution in [2.45, 2.75) is 70.1 Å². The lowest BCUT2D eigenvalue weighted by molar-refractivity contribution is -0.149. The first kappa shape index (κ1) is 30.3. The highest BCUT2D eigenvalue weighted by atomic mass is 16.5. The number of ether oxygens (including phenoxy) is 1. The van der Waals surface area contributed by atoms with Gasteiger partial charge in [-0.15, -0.1) is 0 Å². The van der Waals surface area contributed by atoms with Crippen LogP contribution in [0.3, 0.4) is 0 Å². The third-order valence-corrected chi connectivity index (χ3v) is 9.74. The highest BCUT2D eigenvalue weighted by molar-refractivity contribution is 6.06. The van der Waals surface area contributed by atoms with E-state index in [4.69, 9.17) is 4.74 Å². The zero-order chi connectivity index (χ0) is 30.1. The molecule has 3 amide bonds. The number of rotatable bonds is 11. The van der Waals surface area contributed by atoms with Crippen LogP contribution in [0.2, 0.25) is 0 Å². The number of aliphatic hydroxyl groups is 1. The van der Waals surface area contributed by atoms with E-state index in [1.54, 1.807) is 21.7 Å². The van der Waals surface area contributed by atoms with Crippen LogP contribution in [0.15, 0.2) is 48.6 Å². The van der Waals surface area contributed by atoms with Gasteiger partial charge < -0.3 is 29.4 Å². The largest absolute Gasteiger partial charge is 0.396 e. The van der Waals surface area contributed by atoms with Crippen LogP contribution < -0.4 is 9.80 Å². The maximum absolute atomic E-state index is 14.7. The van der Waals surface area contributed by atoms with Crippen molar-refractivity contribution in [3.05, 3.63) is 48.6 Å². The van der Waals surface area contributed by atoms with Crippen LogP contribution in [0.1, 0.15) is 52.9 Å². The molecular weight excluding hydrogens is 532 g/mol. The summed E-state index contributed by atoms with van der Waals surface area (Å²) in [6.45, 7) is 9.35. The Labute approximate surface area is 249 Å². The number of carbonyl (C=O) groups is 3. The van der Waals surface area contributed by atoms with Crippen molar-refractivity contribution in [1.82, 2.24) is 9.80 Å². The second-order valence-electron chi connectivity index (χ2n) is 12.0. The van der Waals surface area contributed by atoms with Crippen LogP contribution in [0.5, 0.6) is 0 Å². The molecule has 9 nitrogen and oxygen atoms in total. The van der Waals surface area contributed by atoms with Crippen molar-refractivity contribution in [1.29, 1.82) is 0 Å². The van der Waals surface area contributed by atoms with Gasteiger partial charge in [-0.2, -0.15) is 0 Å². The molecule has 0 saturated carbocycles. The first-order valence-electron chi connectivity index (χ1n) is 15.7. The van der Waals surface area contributed by atoms with Crippen LogP contribution in [-0.4, -0.2) is 96.3 Å². The van der Waals surface area contributed by atoms with E-state index >= 15 is 0 Å². The first-order valence-corrected chi connectivity index (χ1v) is 15.7. The van der Waals surface area contributed by atoms with Crippen molar-refractivity contribution in [3.8, 4) is 0 Å². The number of unbranched alkanes of at least 4 members (excludes halogenated alkanes) is 3. The number of fused-ring (bicyclic) bond motifs is 2. The molecular formula is C33H46N4O5. The average Bonchev–Trinajstić information content (AvgIpc) is 3.29. The first-order chi connectivity index (χ1) is 20.3. The second kappa shape index (κ2) is 12.2. The molecule has 1 aromatic rings. The van der Waals surface area contributed by atoms with E-state index in [0.717, 1.165) is 37.3 Å². The summed E-state index contributed by atoms with van der Waals surface area (Å²) in [4.78, 5) is 50.3. The molecule has 2 fully saturated rings. The van der Waals surface area contributed by atoms with Gasteiger partial charge in [0, 0.05) is 57.8 Å². The number of aliphatic hydroxyl groups excluding tert-OH is 1. The molecule has 1 aromatic carbocycles. The SMILES string of the molecule is CCN(CC)c1ccc(N2CC=C[C@]34O[C@]5(CC)C=CCN(C)C(=O)[C@@H]5[C@H]3C(=O)N(CCCCCCO)C4C2=O)cc1. The standard InChI is InChI=1S/C33H46N4O5/c1-5-32-18-12-20-34(4)29(39)26(32)27-30(40)37(21-10-8-9-11-23-38)28-31(41)36(22-13-19-33(27,28)42-32)25-16-14-24(15-17-25)35(6-2)7-3/h12-19,26-28,38H,5-11,20-23H2,1-4H3/t26-,27-,28?,32+,33-/m0/s1. The van der Waals surface area contributed by atoms with Gasteiger partial charge in [-0.05, 0) is 57.4 Å². The fourth-order valence-electron chi connectivity index (χ4n) is 7.53. The number of likely N-dealkylation sites (N-methyl/N-ethyl adjacent to an activating group) is 1. The number of likely N-dealkylation sites (tertiary alicyclic amines) is 1. The van der Waals surface area contributed by atoms with Gasteiger partial charge in [0.25, 0.3) is 5.91 Å². The summed E-state index contributed by atoms with van der Waals surface area (Å²) in [5.41, 5.74) is -0.339. The Morgan fingerprint density at radius 2 is 1.57 bits per heavy atom. The number of amides is 3. The second-order valence-corrected chi connectivity index (χ2v) is 12.0. The van der Waals surface area contributed by atoms with Gasteiger partial charge in [0.1, 0.15) is 11.6 Å². The van der Waals surface area contributed by atoms with Crippen LogP contribution in [0, 0.1) is 11.8 Å². The van der Waals surface area contributed by atoms with E-state index in [1.165, 1.54) is 0 Å². The minimum absolute atomic E-state index is 0.116. The Hall–Kier alpha value is -3.17. The number of hydrogen-bond acceptors (Lipinski definition) is 6. The molecule has 1 unspecified atom stereocenters. The monoisotopic (exact) mass is 578 g/mol. The maximum Gasteiger partial charge on any atom is 0.253 e. The fourth-order valence-corrected chi connectivity index (χ4v) is 7.53. The number of carbonyl (C=O) groups excluding carboxylic acids is 3. The topological polar surface area (TPSA) is 93.6 Å². The Kier molecular flexibility index (Phi) is 8.81. The molecule has 2 saturated heterocycles. The van der Waals surface area contributed by atoms with E-state index < -0.39 is 29.1 Å². The Morgan fingerprint density at radius 3 is 2.24 bits per heavy atom. The molecule has 0 aliphatic carbocycles. The van der Waals surface area contributed by atoms with E-state index in [0.29, 0.717) is 38.9 Å². The summed E-state index contributed by atoms with van der Waals surface area (Å²) in [5.74, 6) is -1.99. The Morgan fingerprint density at radius 1 is 0.881 bits per heavy atom. The lowest BCUT2D eigenvalue weighted by Gasteiger charge is -2.38. The molecule has 1 spiro atoms. The molecule has 5 rings (SSSR count).